The first-order valence-corrected chi connectivity index (χ1v) is 9.06. The Labute approximate surface area is 130 Å². The van der Waals surface area contributed by atoms with Gasteiger partial charge in [-0.2, -0.15) is 0 Å². The third-order valence-corrected chi connectivity index (χ3v) is 6.09. The van der Waals surface area contributed by atoms with Crippen LogP contribution in [0.3, 0.4) is 0 Å². The number of thiophene rings is 1. The lowest BCUT2D eigenvalue weighted by atomic mass is 9.87. The van der Waals surface area contributed by atoms with Gasteiger partial charge < -0.3 is 5.32 Å². The maximum Gasteiger partial charge on any atom is 0.261 e. The van der Waals surface area contributed by atoms with E-state index in [-0.39, 0.29) is 5.91 Å². The minimum Gasteiger partial charge on any atom is -0.349 e. The van der Waals surface area contributed by atoms with Crippen LogP contribution < -0.4 is 5.32 Å². The lowest BCUT2D eigenvalue weighted by Crippen LogP contribution is -2.36. The zero-order valence-electron chi connectivity index (χ0n) is 11.8. The van der Waals surface area contributed by atoms with Gasteiger partial charge in [-0.05, 0) is 37.7 Å². The average molecular weight is 319 g/mol. The van der Waals surface area contributed by atoms with Crippen molar-refractivity contribution in [1.82, 2.24) is 14.7 Å². The average Bonchev–Trinajstić information content (AvgIpc) is 3.12. The van der Waals surface area contributed by atoms with Crippen LogP contribution in [0.25, 0.3) is 15.3 Å². The van der Waals surface area contributed by atoms with Crippen molar-refractivity contribution in [3.8, 4) is 0 Å². The van der Waals surface area contributed by atoms with Gasteiger partial charge in [-0.15, -0.1) is 22.7 Å². The molecule has 0 aromatic carbocycles. The number of nitrogens with one attached hydrogen (secondary N) is 1. The van der Waals surface area contributed by atoms with Gasteiger partial charge in [0.15, 0.2) is 4.96 Å². The quantitative estimate of drug-likeness (QED) is 0.778. The van der Waals surface area contributed by atoms with Gasteiger partial charge >= 0.3 is 0 Å². The predicted octanol–water partition coefficient (Wildman–Crippen LogP) is 3.92. The Morgan fingerprint density at radius 3 is 3.00 bits per heavy atom. The molecule has 0 aliphatic heterocycles. The SMILES string of the molecule is CC1CCC(NC(=O)c2cc3c(nc4sccn43)s2)CC1. The molecule has 21 heavy (non-hydrogen) atoms. The van der Waals surface area contributed by atoms with Crippen molar-refractivity contribution in [3.05, 3.63) is 22.5 Å². The van der Waals surface area contributed by atoms with Crippen LogP contribution in [0.15, 0.2) is 17.6 Å². The van der Waals surface area contributed by atoms with Gasteiger partial charge in [0, 0.05) is 17.6 Å². The van der Waals surface area contributed by atoms with Gasteiger partial charge in [0.05, 0.1) is 10.4 Å². The molecule has 0 spiro atoms. The van der Waals surface area contributed by atoms with E-state index in [0.29, 0.717) is 6.04 Å². The normalized spacial score (nSPS) is 22.9. The highest BCUT2D eigenvalue weighted by molar-refractivity contribution is 7.21. The number of fused-ring (bicyclic) bond motifs is 3. The first-order chi connectivity index (χ1) is 10.2. The molecule has 0 saturated heterocycles. The van der Waals surface area contributed by atoms with Crippen LogP contribution >= 0.6 is 22.7 Å². The standard InChI is InChI=1S/C15H17N3OS2/c1-9-2-4-10(5-3-9)16-13(19)12-8-11-14(21-12)17-15-18(11)6-7-20-15/h6-10H,2-5H2,1H3,(H,16,19). The summed E-state index contributed by atoms with van der Waals surface area (Å²) < 4.78 is 2.05. The Morgan fingerprint density at radius 2 is 2.19 bits per heavy atom. The van der Waals surface area contributed by atoms with Crippen molar-refractivity contribution in [2.75, 3.05) is 0 Å². The molecule has 0 unspecified atom stereocenters. The molecule has 1 N–H and O–H groups in total. The van der Waals surface area contributed by atoms with Crippen molar-refractivity contribution in [1.29, 1.82) is 0 Å². The van der Waals surface area contributed by atoms with E-state index >= 15 is 0 Å². The summed E-state index contributed by atoms with van der Waals surface area (Å²) in [4.78, 5) is 19.7. The summed E-state index contributed by atoms with van der Waals surface area (Å²) in [6, 6.07) is 2.31. The molecule has 0 atom stereocenters. The van der Waals surface area contributed by atoms with E-state index in [9.17, 15) is 4.79 Å². The van der Waals surface area contributed by atoms with Crippen LogP contribution in [0.5, 0.6) is 0 Å². The van der Waals surface area contributed by atoms with Crippen molar-refractivity contribution >= 4 is 43.9 Å². The molecule has 1 fully saturated rings. The molecule has 1 amide bonds. The Hall–Kier alpha value is -1.40. The third kappa shape index (κ3) is 2.36. The third-order valence-electron chi connectivity index (χ3n) is 4.31. The van der Waals surface area contributed by atoms with E-state index in [1.54, 1.807) is 11.3 Å². The number of imidazole rings is 1. The fraction of sp³-hybridized carbons (Fsp3) is 0.467. The molecule has 3 heterocycles. The Kier molecular flexibility index (Phi) is 3.23. The molecule has 1 aliphatic carbocycles. The molecule has 1 saturated carbocycles. The number of carbonyl (C=O) groups is 1. The molecule has 0 bridgehead atoms. The second-order valence-corrected chi connectivity index (χ2v) is 7.80. The van der Waals surface area contributed by atoms with Crippen LogP contribution in [0.4, 0.5) is 0 Å². The Balaban J connectivity index is 1.54. The minimum atomic E-state index is 0.0570. The number of amides is 1. The summed E-state index contributed by atoms with van der Waals surface area (Å²) in [5, 5.41) is 5.20. The monoisotopic (exact) mass is 319 g/mol. The topological polar surface area (TPSA) is 46.4 Å². The Morgan fingerprint density at radius 1 is 1.38 bits per heavy atom. The number of nitrogens with zero attached hydrogens (tertiary/aromatic N) is 2. The van der Waals surface area contributed by atoms with Crippen molar-refractivity contribution in [3.63, 3.8) is 0 Å². The summed E-state index contributed by atoms with van der Waals surface area (Å²) in [5.41, 5.74) is 1.04. The van der Waals surface area contributed by atoms with E-state index in [2.05, 4.69) is 21.6 Å². The summed E-state index contributed by atoms with van der Waals surface area (Å²) in [7, 11) is 0. The summed E-state index contributed by atoms with van der Waals surface area (Å²) in [6.07, 6.45) is 6.65. The summed E-state index contributed by atoms with van der Waals surface area (Å²) in [5.74, 6) is 0.859. The second kappa shape index (κ2) is 5.10. The van der Waals surface area contributed by atoms with E-state index < -0.39 is 0 Å². The van der Waals surface area contributed by atoms with Gasteiger partial charge in [-0.1, -0.05) is 6.92 Å². The van der Waals surface area contributed by atoms with E-state index in [1.807, 2.05) is 17.6 Å². The fourth-order valence-electron chi connectivity index (χ4n) is 3.02. The zero-order valence-corrected chi connectivity index (χ0v) is 13.5. The van der Waals surface area contributed by atoms with E-state index in [4.69, 9.17) is 0 Å². The van der Waals surface area contributed by atoms with Crippen molar-refractivity contribution < 1.29 is 4.79 Å². The second-order valence-electron chi connectivity index (χ2n) is 5.90. The van der Waals surface area contributed by atoms with Gasteiger partial charge in [0.1, 0.15) is 4.83 Å². The largest absolute Gasteiger partial charge is 0.349 e. The fourth-order valence-corrected chi connectivity index (χ4v) is 4.72. The summed E-state index contributed by atoms with van der Waals surface area (Å²) >= 11 is 3.11. The first kappa shape index (κ1) is 13.3. The zero-order chi connectivity index (χ0) is 14.4. The van der Waals surface area contributed by atoms with Crippen molar-refractivity contribution in [2.24, 2.45) is 5.92 Å². The van der Waals surface area contributed by atoms with E-state index in [0.717, 1.165) is 38.9 Å². The molecule has 4 nitrogen and oxygen atoms in total. The van der Waals surface area contributed by atoms with Gasteiger partial charge in [0.25, 0.3) is 5.91 Å². The number of thiazole rings is 1. The number of rotatable bonds is 2. The molecular formula is C15H17N3OS2. The van der Waals surface area contributed by atoms with Gasteiger partial charge in [0.2, 0.25) is 0 Å². The molecule has 0 radical (unpaired) electrons. The highest BCUT2D eigenvalue weighted by Gasteiger charge is 2.22. The number of carbonyl (C=O) groups excluding carboxylic acids is 1. The molecule has 3 aromatic heterocycles. The molecule has 4 rings (SSSR count). The van der Waals surface area contributed by atoms with Crippen molar-refractivity contribution in [2.45, 2.75) is 38.6 Å². The predicted molar refractivity (Wildman–Crippen MR) is 87.3 cm³/mol. The molecular weight excluding hydrogens is 302 g/mol. The highest BCUT2D eigenvalue weighted by atomic mass is 32.1. The lowest BCUT2D eigenvalue weighted by Gasteiger charge is -2.26. The van der Waals surface area contributed by atoms with E-state index in [1.165, 1.54) is 24.2 Å². The smallest absolute Gasteiger partial charge is 0.261 e. The first-order valence-electron chi connectivity index (χ1n) is 7.36. The maximum atomic E-state index is 12.4. The number of aromatic nitrogens is 2. The Bertz CT molecular complexity index is 792. The molecule has 3 aromatic rings. The molecule has 1 aliphatic rings. The van der Waals surface area contributed by atoms with Crippen LogP contribution in [-0.2, 0) is 0 Å². The minimum absolute atomic E-state index is 0.0570. The van der Waals surface area contributed by atoms with Crippen LogP contribution in [-0.4, -0.2) is 21.3 Å². The molecule has 6 heteroatoms. The number of hydrogen-bond donors (Lipinski definition) is 1. The van der Waals surface area contributed by atoms with Crippen LogP contribution in [0, 0.1) is 5.92 Å². The summed E-state index contributed by atoms with van der Waals surface area (Å²) in [6.45, 7) is 2.29. The van der Waals surface area contributed by atoms with Gasteiger partial charge in [-0.25, -0.2) is 4.98 Å². The van der Waals surface area contributed by atoms with Crippen LogP contribution in [0.1, 0.15) is 42.3 Å². The number of hydrogen-bond acceptors (Lipinski definition) is 4. The van der Waals surface area contributed by atoms with Crippen LogP contribution in [0.2, 0.25) is 0 Å². The lowest BCUT2D eigenvalue weighted by molar-refractivity contribution is 0.0927. The highest BCUT2D eigenvalue weighted by Crippen LogP contribution is 2.29. The maximum absolute atomic E-state index is 12.4. The van der Waals surface area contributed by atoms with Gasteiger partial charge in [-0.3, -0.25) is 9.20 Å². The molecule has 110 valence electrons.